The maximum Gasteiger partial charge on any atom is 0.263 e. The number of hydrogen-bond acceptors (Lipinski definition) is 2. The Hall–Kier alpha value is -2.42. The van der Waals surface area contributed by atoms with Crippen LogP contribution in [0, 0.1) is 0 Å². The van der Waals surface area contributed by atoms with Crippen LogP contribution in [0.4, 0.5) is 0 Å². The zero-order valence-corrected chi connectivity index (χ0v) is 13.7. The second-order valence-electron chi connectivity index (χ2n) is 5.82. The van der Waals surface area contributed by atoms with Crippen molar-refractivity contribution in [2.75, 3.05) is 0 Å². The average molecular weight is 306 g/mol. The van der Waals surface area contributed by atoms with E-state index in [2.05, 4.69) is 24.9 Å². The van der Waals surface area contributed by atoms with Crippen molar-refractivity contribution in [3.63, 3.8) is 0 Å². The predicted molar refractivity (Wildman–Crippen MR) is 95.3 cm³/mol. The molecule has 0 aliphatic rings. The van der Waals surface area contributed by atoms with Gasteiger partial charge in [-0.1, -0.05) is 44.9 Å². The summed E-state index contributed by atoms with van der Waals surface area (Å²) in [6, 6.07) is 11.8. The lowest BCUT2D eigenvalue weighted by Crippen LogP contribution is -2.24. The fourth-order valence-electron chi connectivity index (χ4n) is 3.25. The number of nitrogens with zero attached hydrogens (tertiary/aromatic N) is 2. The van der Waals surface area contributed by atoms with Gasteiger partial charge >= 0.3 is 0 Å². The van der Waals surface area contributed by atoms with Crippen molar-refractivity contribution in [2.45, 2.75) is 39.5 Å². The standard InChI is InChI=1S/C20H22N2O/c1-3-8-17-16-11-5-6-12-18(16)20(23)22(19(17)9-4-2)15-10-7-13-21-14-15/h5-7,10-14H,3-4,8-9H2,1-2H3. The van der Waals surface area contributed by atoms with Gasteiger partial charge < -0.3 is 0 Å². The second kappa shape index (κ2) is 6.78. The van der Waals surface area contributed by atoms with Crippen LogP contribution >= 0.6 is 0 Å². The van der Waals surface area contributed by atoms with Gasteiger partial charge in [-0.3, -0.25) is 14.3 Å². The van der Waals surface area contributed by atoms with Crippen molar-refractivity contribution in [1.82, 2.24) is 9.55 Å². The van der Waals surface area contributed by atoms with Crippen LogP contribution in [0.3, 0.4) is 0 Å². The number of aromatic nitrogens is 2. The van der Waals surface area contributed by atoms with Crippen LogP contribution in [0.15, 0.2) is 53.6 Å². The Kier molecular flexibility index (Phi) is 4.56. The molecule has 0 spiro atoms. The first-order valence-corrected chi connectivity index (χ1v) is 8.33. The van der Waals surface area contributed by atoms with Gasteiger partial charge in [0.15, 0.2) is 0 Å². The number of rotatable bonds is 5. The van der Waals surface area contributed by atoms with Gasteiger partial charge in [-0.15, -0.1) is 0 Å². The highest BCUT2D eigenvalue weighted by Gasteiger charge is 2.16. The Morgan fingerprint density at radius 1 is 0.957 bits per heavy atom. The normalized spacial score (nSPS) is 11.0. The molecule has 118 valence electrons. The molecule has 0 radical (unpaired) electrons. The monoisotopic (exact) mass is 306 g/mol. The molecule has 0 unspecified atom stereocenters. The van der Waals surface area contributed by atoms with Crippen molar-refractivity contribution in [2.24, 2.45) is 0 Å². The van der Waals surface area contributed by atoms with E-state index < -0.39 is 0 Å². The topological polar surface area (TPSA) is 34.9 Å². The van der Waals surface area contributed by atoms with Gasteiger partial charge in [0.05, 0.1) is 11.9 Å². The Labute approximate surface area is 136 Å². The molecule has 2 aromatic heterocycles. The van der Waals surface area contributed by atoms with Crippen LogP contribution in [0.2, 0.25) is 0 Å². The van der Waals surface area contributed by atoms with Gasteiger partial charge in [0, 0.05) is 17.3 Å². The quantitative estimate of drug-likeness (QED) is 0.705. The molecule has 23 heavy (non-hydrogen) atoms. The van der Waals surface area contributed by atoms with Crippen LogP contribution in [0.1, 0.15) is 37.9 Å². The maximum atomic E-state index is 13.1. The van der Waals surface area contributed by atoms with Gasteiger partial charge in [-0.25, -0.2) is 0 Å². The molecule has 0 saturated carbocycles. The summed E-state index contributed by atoms with van der Waals surface area (Å²) in [7, 11) is 0. The SMILES string of the molecule is CCCc1c(CCC)n(-c2cccnc2)c(=O)c2ccccc12. The van der Waals surface area contributed by atoms with E-state index in [-0.39, 0.29) is 5.56 Å². The number of aryl methyl sites for hydroxylation is 1. The molecule has 0 fully saturated rings. The van der Waals surface area contributed by atoms with Gasteiger partial charge in [0.2, 0.25) is 0 Å². The number of pyridine rings is 2. The second-order valence-corrected chi connectivity index (χ2v) is 5.82. The lowest BCUT2D eigenvalue weighted by molar-refractivity contribution is 0.780. The molecule has 3 aromatic rings. The molecule has 3 nitrogen and oxygen atoms in total. The molecule has 0 aliphatic carbocycles. The fourth-order valence-corrected chi connectivity index (χ4v) is 3.25. The molecule has 2 heterocycles. The van der Waals surface area contributed by atoms with Crippen LogP contribution < -0.4 is 5.56 Å². The maximum absolute atomic E-state index is 13.1. The minimum Gasteiger partial charge on any atom is -0.279 e. The average Bonchev–Trinajstić information content (AvgIpc) is 2.59. The molecule has 3 heteroatoms. The molecular weight excluding hydrogens is 284 g/mol. The number of benzene rings is 1. The number of hydrogen-bond donors (Lipinski definition) is 0. The van der Waals surface area contributed by atoms with Crippen LogP contribution in [0.25, 0.3) is 16.5 Å². The smallest absolute Gasteiger partial charge is 0.263 e. The Morgan fingerprint density at radius 2 is 1.70 bits per heavy atom. The summed E-state index contributed by atoms with van der Waals surface area (Å²) in [6.45, 7) is 4.34. The highest BCUT2D eigenvalue weighted by Crippen LogP contribution is 2.24. The van der Waals surface area contributed by atoms with Gasteiger partial charge in [-0.05, 0) is 42.0 Å². The summed E-state index contributed by atoms with van der Waals surface area (Å²) >= 11 is 0. The van der Waals surface area contributed by atoms with Gasteiger partial charge in [0.25, 0.3) is 5.56 Å². The van der Waals surface area contributed by atoms with E-state index >= 15 is 0 Å². The Balaban J connectivity index is 2.44. The zero-order chi connectivity index (χ0) is 16.2. The van der Waals surface area contributed by atoms with E-state index in [1.165, 1.54) is 5.56 Å². The highest BCUT2D eigenvalue weighted by molar-refractivity contribution is 5.86. The largest absolute Gasteiger partial charge is 0.279 e. The van der Waals surface area contributed by atoms with Crippen LogP contribution in [-0.2, 0) is 12.8 Å². The van der Waals surface area contributed by atoms with E-state index in [1.54, 1.807) is 12.4 Å². The lowest BCUT2D eigenvalue weighted by atomic mass is 9.97. The molecule has 0 N–H and O–H groups in total. The summed E-state index contributed by atoms with van der Waals surface area (Å²) in [4.78, 5) is 17.3. The third-order valence-corrected chi connectivity index (χ3v) is 4.19. The molecule has 1 aromatic carbocycles. The fraction of sp³-hybridized carbons (Fsp3) is 0.300. The molecule has 0 bridgehead atoms. The van der Waals surface area contributed by atoms with Crippen molar-refractivity contribution < 1.29 is 0 Å². The summed E-state index contributed by atoms with van der Waals surface area (Å²) in [6.07, 6.45) is 7.45. The first-order chi connectivity index (χ1) is 11.3. The van der Waals surface area contributed by atoms with Gasteiger partial charge in [0.1, 0.15) is 0 Å². The molecular formula is C20H22N2O. The summed E-state index contributed by atoms with van der Waals surface area (Å²) < 4.78 is 1.86. The molecule has 0 atom stereocenters. The molecule has 3 rings (SSSR count). The highest BCUT2D eigenvalue weighted by atomic mass is 16.1. The van der Waals surface area contributed by atoms with E-state index in [0.29, 0.717) is 0 Å². The van der Waals surface area contributed by atoms with Crippen molar-refractivity contribution in [1.29, 1.82) is 0 Å². The Bertz CT molecular complexity index is 866. The van der Waals surface area contributed by atoms with E-state index in [0.717, 1.165) is 47.8 Å². The summed E-state index contributed by atoms with van der Waals surface area (Å²) in [5.41, 5.74) is 3.33. The first kappa shape index (κ1) is 15.5. The van der Waals surface area contributed by atoms with E-state index in [9.17, 15) is 4.79 Å². The van der Waals surface area contributed by atoms with Crippen LogP contribution in [0.5, 0.6) is 0 Å². The number of fused-ring (bicyclic) bond motifs is 1. The van der Waals surface area contributed by atoms with Crippen molar-refractivity contribution in [3.8, 4) is 5.69 Å². The van der Waals surface area contributed by atoms with Crippen molar-refractivity contribution in [3.05, 3.63) is 70.4 Å². The third-order valence-electron chi connectivity index (χ3n) is 4.19. The van der Waals surface area contributed by atoms with Crippen LogP contribution in [-0.4, -0.2) is 9.55 Å². The molecule has 0 amide bonds. The van der Waals surface area contributed by atoms with E-state index in [1.807, 2.05) is 34.9 Å². The zero-order valence-electron chi connectivity index (χ0n) is 13.7. The predicted octanol–water partition coefficient (Wildman–Crippen LogP) is 4.29. The first-order valence-electron chi connectivity index (χ1n) is 8.33. The molecule has 0 aliphatic heterocycles. The lowest BCUT2D eigenvalue weighted by Gasteiger charge is -2.19. The minimum absolute atomic E-state index is 0.0527. The minimum atomic E-state index is 0.0527. The third kappa shape index (κ3) is 2.79. The summed E-state index contributed by atoms with van der Waals surface area (Å²) in [5.74, 6) is 0. The van der Waals surface area contributed by atoms with Gasteiger partial charge in [-0.2, -0.15) is 0 Å². The van der Waals surface area contributed by atoms with E-state index in [4.69, 9.17) is 0 Å². The van der Waals surface area contributed by atoms with Crippen molar-refractivity contribution >= 4 is 10.8 Å². The Morgan fingerprint density at radius 3 is 2.35 bits per heavy atom. The summed E-state index contributed by atoms with van der Waals surface area (Å²) in [5, 5.41) is 1.89. The molecule has 0 saturated heterocycles.